The molecule has 3 nitrogen and oxygen atoms in total. The van der Waals surface area contributed by atoms with E-state index in [1.807, 2.05) is 12.2 Å². The predicted octanol–water partition coefficient (Wildman–Crippen LogP) is 2.97. The topological polar surface area (TPSA) is 35.5 Å². The number of ether oxygens (including phenoxy) is 2. The van der Waals surface area contributed by atoms with E-state index in [4.69, 9.17) is 9.47 Å². The molecule has 1 aromatic rings. The van der Waals surface area contributed by atoms with E-state index in [0.717, 1.165) is 30.8 Å². The van der Waals surface area contributed by atoms with Gasteiger partial charge in [0, 0.05) is 5.41 Å². The Morgan fingerprint density at radius 2 is 1.70 bits per heavy atom. The van der Waals surface area contributed by atoms with Crippen molar-refractivity contribution in [2.24, 2.45) is 0 Å². The van der Waals surface area contributed by atoms with Crippen LogP contribution in [-0.4, -0.2) is 20.0 Å². The monoisotopic (exact) mass is 270 g/mol. The minimum Gasteiger partial charge on any atom is -0.493 e. The van der Waals surface area contributed by atoms with Gasteiger partial charge in [0.1, 0.15) is 0 Å². The van der Waals surface area contributed by atoms with Crippen LogP contribution in [0.4, 0.5) is 0 Å². The third-order valence-corrected chi connectivity index (χ3v) is 4.24. The molecule has 0 N–H and O–H groups in total. The molecule has 0 radical (unpaired) electrons. The first kappa shape index (κ1) is 13.0. The number of aryl methyl sites for hydroxylation is 1. The van der Waals surface area contributed by atoms with Gasteiger partial charge < -0.3 is 9.47 Å². The van der Waals surface area contributed by atoms with E-state index < -0.39 is 0 Å². The van der Waals surface area contributed by atoms with Gasteiger partial charge in [0.15, 0.2) is 17.3 Å². The lowest BCUT2D eigenvalue weighted by molar-refractivity contribution is -0.110. The molecule has 1 spiro atoms. The molecule has 3 heteroatoms. The minimum absolute atomic E-state index is 0.0585. The molecular weight excluding hydrogens is 252 g/mol. The van der Waals surface area contributed by atoms with Crippen LogP contribution in [0.1, 0.15) is 24.0 Å². The molecule has 0 bridgehead atoms. The standard InChI is InChI=1S/C17H18O3/c1-19-15-10-12-4-3-7-17(8-5-13(18)6-9-17)14(12)11-16(15)20-2/h5-6,8-11H,3-4,7H2,1-2H3. The van der Waals surface area contributed by atoms with Crippen molar-refractivity contribution in [3.8, 4) is 11.5 Å². The molecule has 0 amide bonds. The van der Waals surface area contributed by atoms with E-state index >= 15 is 0 Å². The van der Waals surface area contributed by atoms with Crippen LogP contribution in [-0.2, 0) is 16.6 Å². The molecule has 0 saturated carbocycles. The van der Waals surface area contributed by atoms with Gasteiger partial charge in [-0.25, -0.2) is 0 Å². The predicted molar refractivity (Wildman–Crippen MR) is 77.4 cm³/mol. The summed E-state index contributed by atoms with van der Waals surface area (Å²) in [4.78, 5) is 11.4. The lowest BCUT2D eigenvalue weighted by Crippen LogP contribution is -2.29. The molecule has 20 heavy (non-hydrogen) atoms. The molecule has 0 saturated heterocycles. The smallest absolute Gasteiger partial charge is 0.178 e. The van der Waals surface area contributed by atoms with Crippen LogP contribution < -0.4 is 9.47 Å². The Morgan fingerprint density at radius 1 is 1.05 bits per heavy atom. The van der Waals surface area contributed by atoms with E-state index in [1.54, 1.807) is 26.4 Å². The van der Waals surface area contributed by atoms with Crippen LogP contribution in [0, 0.1) is 0 Å². The number of carbonyl (C=O) groups excluding carboxylic acids is 1. The molecule has 0 aromatic heterocycles. The third-order valence-electron chi connectivity index (χ3n) is 4.24. The Kier molecular flexibility index (Phi) is 3.13. The Bertz CT molecular complexity index is 595. The fourth-order valence-electron chi connectivity index (χ4n) is 3.19. The first-order valence-corrected chi connectivity index (χ1v) is 6.86. The van der Waals surface area contributed by atoms with Crippen molar-refractivity contribution in [3.63, 3.8) is 0 Å². The highest BCUT2D eigenvalue weighted by Crippen LogP contribution is 2.45. The van der Waals surface area contributed by atoms with Crippen molar-refractivity contribution in [1.29, 1.82) is 0 Å². The Hall–Kier alpha value is -2.03. The van der Waals surface area contributed by atoms with E-state index in [-0.39, 0.29) is 11.2 Å². The number of carbonyl (C=O) groups is 1. The van der Waals surface area contributed by atoms with Crippen LogP contribution in [0.25, 0.3) is 0 Å². The largest absolute Gasteiger partial charge is 0.493 e. The summed E-state index contributed by atoms with van der Waals surface area (Å²) in [5, 5.41) is 0. The summed E-state index contributed by atoms with van der Waals surface area (Å²) in [7, 11) is 3.30. The average molecular weight is 270 g/mol. The van der Waals surface area contributed by atoms with E-state index in [0.29, 0.717) is 0 Å². The highest BCUT2D eigenvalue weighted by molar-refractivity contribution is 6.00. The second kappa shape index (κ2) is 4.82. The molecule has 0 fully saturated rings. The molecule has 1 aromatic carbocycles. The first-order valence-electron chi connectivity index (χ1n) is 6.86. The molecule has 104 valence electrons. The van der Waals surface area contributed by atoms with E-state index in [2.05, 4.69) is 12.1 Å². The van der Waals surface area contributed by atoms with Crippen molar-refractivity contribution in [3.05, 3.63) is 47.6 Å². The average Bonchev–Trinajstić information content (AvgIpc) is 2.49. The van der Waals surface area contributed by atoms with Gasteiger partial charge >= 0.3 is 0 Å². The lowest BCUT2D eigenvalue weighted by Gasteiger charge is -2.36. The second-order valence-electron chi connectivity index (χ2n) is 5.33. The zero-order valence-electron chi connectivity index (χ0n) is 11.8. The summed E-state index contributed by atoms with van der Waals surface area (Å²) >= 11 is 0. The minimum atomic E-state index is -0.166. The third kappa shape index (κ3) is 1.94. The van der Waals surface area contributed by atoms with Gasteiger partial charge in [-0.3, -0.25) is 4.79 Å². The number of hydrogen-bond donors (Lipinski definition) is 0. The number of fused-ring (bicyclic) bond motifs is 2. The van der Waals surface area contributed by atoms with Crippen LogP contribution in [0.3, 0.4) is 0 Å². The van der Waals surface area contributed by atoms with Crippen molar-refractivity contribution in [2.75, 3.05) is 14.2 Å². The highest BCUT2D eigenvalue weighted by Gasteiger charge is 2.34. The number of methoxy groups -OCH3 is 2. The van der Waals surface area contributed by atoms with Crippen molar-refractivity contribution < 1.29 is 14.3 Å². The van der Waals surface area contributed by atoms with Gasteiger partial charge in [-0.2, -0.15) is 0 Å². The maximum absolute atomic E-state index is 11.4. The van der Waals surface area contributed by atoms with Crippen LogP contribution in [0.15, 0.2) is 36.4 Å². The normalized spacial score (nSPS) is 19.0. The fraction of sp³-hybridized carbons (Fsp3) is 0.353. The van der Waals surface area contributed by atoms with Crippen LogP contribution >= 0.6 is 0 Å². The van der Waals surface area contributed by atoms with Crippen molar-refractivity contribution >= 4 is 5.78 Å². The highest BCUT2D eigenvalue weighted by atomic mass is 16.5. The zero-order chi connectivity index (χ0) is 14.2. The molecule has 0 atom stereocenters. The molecular formula is C17H18O3. The van der Waals surface area contributed by atoms with Crippen LogP contribution in [0.5, 0.6) is 11.5 Å². The Balaban J connectivity index is 2.15. The molecule has 0 heterocycles. The molecule has 0 aliphatic heterocycles. The maximum Gasteiger partial charge on any atom is 0.178 e. The van der Waals surface area contributed by atoms with Gasteiger partial charge in [0.2, 0.25) is 0 Å². The van der Waals surface area contributed by atoms with Gasteiger partial charge in [-0.05, 0) is 54.7 Å². The second-order valence-corrected chi connectivity index (χ2v) is 5.33. The molecule has 0 unspecified atom stereocenters. The Labute approximate surface area is 118 Å². The molecule has 2 aliphatic carbocycles. The van der Waals surface area contributed by atoms with E-state index in [9.17, 15) is 4.79 Å². The summed E-state index contributed by atoms with van der Waals surface area (Å²) in [6.45, 7) is 0. The quantitative estimate of drug-likeness (QED) is 0.828. The van der Waals surface area contributed by atoms with Gasteiger partial charge in [0.25, 0.3) is 0 Å². The van der Waals surface area contributed by atoms with Crippen LogP contribution in [0.2, 0.25) is 0 Å². The van der Waals surface area contributed by atoms with Crippen molar-refractivity contribution in [2.45, 2.75) is 24.7 Å². The van der Waals surface area contributed by atoms with E-state index in [1.165, 1.54) is 11.1 Å². The summed E-state index contributed by atoms with van der Waals surface area (Å²) in [6.07, 6.45) is 10.6. The van der Waals surface area contributed by atoms with Gasteiger partial charge in [-0.1, -0.05) is 12.2 Å². The van der Waals surface area contributed by atoms with Gasteiger partial charge in [-0.15, -0.1) is 0 Å². The maximum atomic E-state index is 11.4. The SMILES string of the molecule is COc1cc2c(cc1OC)C1(C=CC(=O)C=C1)CCC2. The summed E-state index contributed by atoms with van der Waals surface area (Å²) in [5.41, 5.74) is 2.33. The first-order chi connectivity index (χ1) is 9.68. The fourth-order valence-corrected chi connectivity index (χ4v) is 3.19. The summed E-state index contributed by atoms with van der Waals surface area (Å²) in [5.74, 6) is 1.57. The zero-order valence-corrected chi connectivity index (χ0v) is 11.8. The van der Waals surface area contributed by atoms with Crippen molar-refractivity contribution in [1.82, 2.24) is 0 Å². The lowest BCUT2D eigenvalue weighted by atomic mass is 9.68. The number of rotatable bonds is 2. The number of allylic oxidation sites excluding steroid dienone is 4. The molecule has 3 rings (SSSR count). The number of ketones is 1. The molecule has 2 aliphatic rings. The summed E-state index contributed by atoms with van der Waals surface area (Å²) < 4.78 is 10.8. The number of benzene rings is 1. The Morgan fingerprint density at radius 3 is 2.35 bits per heavy atom. The number of hydrogen-bond acceptors (Lipinski definition) is 3. The van der Waals surface area contributed by atoms with Gasteiger partial charge in [0.05, 0.1) is 14.2 Å². The summed E-state index contributed by atoms with van der Waals surface area (Å²) in [6, 6.07) is 4.12.